The summed E-state index contributed by atoms with van der Waals surface area (Å²) in [5.74, 6) is -4.09. The van der Waals surface area contributed by atoms with Crippen LogP contribution in [-0.2, 0) is 0 Å². The monoisotopic (exact) mass is 267 g/mol. The van der Waals surface area contributed by atoms with Gasteiger partial charge in [0, 0.05) is 12.3 Å². The lowest BCUT2D eigenvalue weighted by Crippen LogP contribution is -2.16. The number of nitrogen functional groups attached to an aromatic ring is 1. The van der Waals surface area contributed by atoms with Gasteiger partial charge in [0.25, 0.3) is 5.91 Å². The summed E-state index contributed by atoms with van der Waals surface area (Å²) < 4.78 is 39.5. The first kappa shape index (κ1) is 12.9. The van der Waals surface area contributed by atoms with Crippen molar-refractivity contribution < 1.29 is 18.0 Å². The summed E-state index contributed by atoms with van der Waals surface area (Å²) in [6.07, 6.45) is 1.15. The van der Waals surface area contributed by atoms with Gasteiger partial charge in [0.1, 0.15) is 11.6 Å². The fraction of sp³-hybridized carbons (Fsp3) is 0. The van der Waals surface area contributed by atoms with Gasteiger partial charge in [0.05, 0.1) is 11.3 Å². The zero-order valence-corrected chi connectivity index (χ0v) is 9.45. The molecule has 0 bridgehead atoms. The number of nitrogens with zero attached hydrogens (tertiary/aromatic N) is 1. The van der Waals surface area contributed by atoms with Crippen LogP contribution in [0.15, 0.2) is 30.5 Å². The Labute approximate surface area is 106 Å². The third-order valence-electron chi connectivity index (χ3n) is 2.34. The fourth-order valence-electron chi connectivity index (χ4n) is 1.42. The lowest BCUT2D eigenvalue weighted by atomic mass is 10.2. The largest absolute Gasteiger partial charge is 0.381 e. The molecule has 0 saturated heterocycles. The molecule has 0 fully saturated rings. The summed E-state index contributed by atoms with van der Waals surface area (Å²) in [7, 11) is 0. The topological polar surface area (TPSA) is 68.0 Å². The molecular weight excluding hydrogens is 259 g/mol. The second-order valence-electron chi connectivity index (χ2n) is 3.64. The zero-order chi connectivity index (χ0) is 14.0. The third kappa shape index (κ3) is 2.65. The number of benzene rings is 1. The molecule has 0 aliphatic carbocycles. The summed E-state index contributed by atoms with van der Waals surface area (Å²) in [6.45, 7) is 0. The molecule has 1 amide bonds. The van der Waals surface area contributed by atoms with Crippen molar-refractivity contribution in [2.24, 2.45) is 0 Å². The number of carbonyl (C=O) groups is 1. The van der Waals surface area contributed by atoms with Crippen molar-refractivity contribution in [3.8, 4) is 0 Å². The fourth-order valence-corrected chi connectivity index (χ4v) is 1.42. The van der Waals surface area contributed by atoms with E-state index in [9.17, 15) is 18.0 Å². The highest BCUT2D eigenvalue weighted by molar-refractivity contribution is 6.04. The third-order valence-corrected chi connectivity index (χ3v) is 2.34. The van der Waals surface area contributed by atoms with Crippen LogP contribution in [0.3, 0.4) is 0 Å². The molecule has 0 atom stereocenters. The Bertz CT molecular complexity index is 646. The first-order valence-electron chi connectivity index (χ1n) is 5.15. The standard InChI is InChI=1S/C12H8F3N3O/c13-6-1-2-9(8(14)5-6)18-12(19)7-3-4-17-11(16)10(7)15/h1-5H,(H2,16,17)(H,18,19). The van der Waals surface area contributed by atoms with Crippen LogP contribution in [0.1, 0.15) is 10.4 Å². The van der Waals surface area contributed by atoms with E-state index in [1.807, 2.05) is 0 Å². The van der Waals surface area contributed by atoms with Crippen LogP contribution in [0.5, 0.6) is 0 Å². The smallest absolute Gasteiger partial charge is 0.258 e. The van der Waals surface area contributed by atoms with E-state index >= 15 is 0 Å². The first-order valence-corrected chi connectivity index (χ1v) is 5.15. The summed E-state index contributed by atoms with van der Waals surface area (Å²) in [5.41, 5.74) is 4.57. The number of nitrogens with one attached hydrogen (secondary N) is 1. The molecule has 7 heteroatoms. The Morgan fingerprint density at radius 1 is 1.21 bits per heavy atom. The van der Waals surface area contributed by atoms with Crippen LogP contribution in [0.2, 0.25) is 0 Å². The maximum atomic E-state index is 13.5. The van der Waals surface area contributed by atoms with Crippen LogP contribution in [0.25, 0.3) is 0 Å². The van der Waals surface area contributed by atoms with Crippen LogP contribution in [0, 0.1) is 17.5 Å². The van der Waals surface area contributed by atoms with E-state index < -0.39 is 29.2 Å². The molecule has 0 radical (unpaired) electrons. The van der Waals surface area contributed by atoms with Crippen molar-refractivity contribution in [2.75, 3.05) is 11.1 Å². The number of pyridine rings is 1. The first-order chi connectivity index (χ1) is 8.99. The molecule has 98 valence electrons. The summed E-state index contributed by atoms with van der Waals surface area (Å²) >= 11 is 0. The maximum absolute atomic E-state index is 13.5. The van der Waals surface area contributed by atoms with Crippen molar-refractivity contribution >= 4 is 17.4 Å². The minimum absolute atomic E-state index is 0.263. The van der Waals surface area contributed by atoms with E-state index in [0.717, 1.165) is 24.4 Å². The predicted octanol–water partition coefficient (Wildman–Crippen LogP) is 2.33. The van der Waals surface area contributed by atoms with Gasteiger partial charge in [0.2, 0.25) is 0 Å². The van der Waals surface area contributed by atoms with E-state index in [-0.39, 0.29) is 11.3 Å². The number of hydrogen-bond donors (Lipinski definition) is 2. The molecule has 0 aliphatic heterocycles. The maximum Gasteiger partial charge on any atom is 0.258 e. The molecule has 2 aromatic rings. The van der Waals surface area contributed by atoms with Crippen molar-refractivity contribution in [1.82, 2.24) is 4.98 Å². The second kappa shape index (κ2) is 4.97. The van der Waals surface area contributed by atoms with E-state index in [1.54, 1.807) is 0 Å². The summed E-state index contributed by atoms with van der Waals surface area (Å²) in [6, 6.07) is 3.70. The van der Waals surface area contributed by atoms with Gasteiger partial charge in [0.15, 0.2) is 11.6 Å². The predicted molar refractivity (Wildman–Crippen MR) is 62.9 cm³/mol. The van der Waals surface area contributed by atoms with Crippen LogP contribution in [-0.4, -0.2) is 10.9 Å². The molecule has 19 heavy (non-hydrogen) atoms. The van der Waals surface area contributed by atoms with Gasteiger partial charge in [-0.3, -0.25) is 4.79 Å². The molecule has 1 heterocycles. The number of amides is 1. The minimum Gasteiger partial charge on any atom is -0.381 e. The lowest BCUT2D eigenvalue weighted by Gasteiger charge is -2.07. The Morgan fingerprint density at radius 3 is 2.63 bits per heavy atom. The highest BCUT2D eigenvalue weighted by atomic mass is 19.1. The van der Waals surface area contributed by atoms with Gasteiger partial charge in [-0.25, -0.2) is 18.2 Å². The number of rotatable bonds is 2. The highest BCUT2D eigenvalue weighted by Crippen LogP contribution is 2.18. The molecule has 3 N–H and O–H groups in total. The van der Waals surface area contributed by atoms with Gasteiger partial charge in [-0.2, -0.15) is 0 Å². The molecule has 1 aromatic carbocycles. The van der Waals surface area contributed by atoms with E-state index in [2.05, 4.69) is 10.3 Å². The van der Waals surface area contributed by atoms with Crippen LogP contribution < -0.4 is 11.1 Å². The Hall–Kier alpha value is -2.57. The number of nitrogens with two attached hydrogens (primary N) is 1. The molecule has 0 saturated carbocycles. The Balaban J connectivity index is 2.28. The molecule has 0 spiro atoms. The summed E-state index contributed by atoms with van der Waals surface area (Å²) in [5, 5.41) is 2.12. The lowest BCUT2D eigenvalue weighted by molar-refractivity contribution is 0.102. The average molecular weight is 267 g/mol. The number of aromatic nitrogens is 1. The summed E-state index contributed by atoms with van der Waals surface area (Å²) in [4.78, 5) is 15.2. The Morgan fingerprint density at radius 2 is 1.95 bits per heavy atom. The van der Waals surface area contributed by atoms with Gasteiger partial charge in [-0.15, -0.1) is 0 Å². The van der Waals surface area contributed by atoms with Gasteiger partial charge >= 0.3 is 0 Å². The Kier molecular flexibility index (Phi) is 3.37. The SMILES string of the molecule is Nc1nccc(C(=O)Nc2ccc(F)cc2F)c1F. The highest BCUT2D eigenvalue weighted by Gasteiger charge is 2.16. The minimum atomic E-state index is -0.998. The zero-order valence-electron chi connectivity index (χ0n) is 9.45. The van der Waals surface area contributed by atoms with Crippen molar-refractivity contribution in [2.45, 2.75) is 0 Å². The molecule has 2 rings (SSSR count). The van der Waals surface area contributed by atoms with Gasteiger partial charge in [-0.05, 0) is 18.2 Å². The number of hydrogen-bond acceptors (Lipinski definition) is 3. The molecule has 0 unspecified atom stereocenters. The van der Waals surface area contributed by atoms with Gasteiger partial charge in [-0.1, -0.05) is 0 Å². The van der Waals surface area contributed by atoms with E-state index in [4.69, 9.17) is 5.73 Å². The van der Waals surface area contributed by atoms with Crippen LogP contribution >= 0.6 is 0 Å². The number of anilines is 2. The van der Waals surface area contributed by atoms with Crippen molar-refractivity contribution in [3.05, 3.63) is 53.5 Å². The van der Waals surface area contributed by atoms with Crippen LogP contribution in [0.4, 0.5) is 24.7 Å². The molecule has 4 nitrogen and oxygen atoms in total. The van der Waals surface area contributed by atoms with Gasteiger partial charge < -0.3 is 11.1 Å². The number of halogens is 3. The quantitative estimate of drug-likeness (QED) is 0.877. The molecule has 1 aromatic heterocycles. The average Bonchev–Trinajstić information content (AvgIpc) is 2.36. The number of carbonyl (C=O) groups excluding carboxylic acids is 1. The second-order valence-corrected chi connectivity index (χ2v) is 3.64. The molecule has 0 aliphatic rings. The normalized spacial score (nSPS) is 10.3. The van der Waals surface area contributed by atoms with E-state index in [1.165, 1.54) is 0 Å². The van der Waals surface area contributed by atoms with E-state index in [0.29, 0.717) is 6.07 Å². The molecular formula is C12H8F3N3O. The van der Waals surface area contributed by atoms with Crippen molar-refractivity contribution in [3.63, 3.8) is 0 Å². The van der Waals surface area contributed by atoms with Crippen molar-refractivity contribution in [1.29, 1.82) is 0 Å².